The molecular weight excluding hydrogens is 224 g/mol. The monoisotopic (exact) mass is 252 g/mol. The Bertz CT molecular complexity index is 266. The first-order chi connectivity index (χ1) is 8.60. The van der Waals surface area contributed by atoms with Crippen molar-refractivity contribution in [1.29, 1.82) is 0 Å². The molecule has 1 unspecified atom stereocenters. The van der Waals surface area contributed by atoms with Crippen molar-refractivity contribution in [2.75, 3.05) is 0 Å². The van der Waals surface area contributed by atoms with Gasteiger partial charge in [0.05, 0.1) is 5.60 Å². The topological polar surface area (TPSA) is 37.3 Å². The Morgan fingerprint density at radius 1 is 1.00 bits per heavy atom. The summed E-state index contributed by atoms with van der Waals surface area (Å²) in [5, 5.41) is 10.2. The van der Waals surface area contributed by atoms with E-state index in [1.165, 1.54) is 12.8 Å². The molecule has 1 aliphatic carbocycles. The maximum absolute atomic E-state index is 11.8. The molecule has 2 nitrogen and oxygen atoms in total. The third-order valence-corrected chi connectivity index (χ3v) is 3.66. The van der Waals surface area contributed by atoms with Crippen LogP contribution in [0.5, 0.6) is 0 Å². The van der Waals surface area contributed by atoms with Crippen LogP contribution in [0.25, 0.3) is 0 Å². The molecule has 0 aromatic carbocycles. The van der Waals surface area contributed by atoms with Gasteiger partial charge in [0.25, 0.3) is 0 Å². The smallest absolute Gasteiger partial charge is 0.135 e. The molecule has 2 heteroatoms. The maximum Gasteiger partial charge on any atom is 0.135 e. The Morgan fingerprint density at radius 3 is 2.28 bits per heavy atom. The van der Waals surface area contributed by atoms with E-state index in [0.717, 1.165) is 44.9 Å². The third-order valence-electron chi connectivity index (χ3n) is 3.66. The standard InChI is InChI=1S/C16H28O2/c1-16(18)13-11-9-7-5-3-2-4-6-8-10-12-15(17)14-16/h2-3,18H,4-14H2,1H3/b3-2-. The minimum Gasteiger partial charge on any atom is -0.390 e. The number of allylic oxidation sites excluding steroid dienone is 2. The van der Waals surface area contributed by atoms with Crippen molar-refractivity contribution < 1.29 is 9.90 Å². The summed E-state index contributed by atoms with van der Waals surface area (Å²) in [5.41, 5.74) is -0.785. The Kier molecular flexibility index (Phi) is 7.26. The summed E-state index contributed by atoms with van der Waals surface area (Å²) >= 11 is 0. The normalized spacial score (nSPS) is 31.3. The number of hydrogen-bond acceptors (Lipinski definition) is 2. The lowest BCUT2D eigenvalue weighted by atomic mass is 9.91. The first-order valence-electron chi connectivity index (χ1n) is 7.49. The Hall–Kier alpha value is -0.630. The van der Waals surface area contributed by atoms with Gasteiger partial charge in [0.15, 0.2) is 0 Å². The van der Waals surface area contributed by atoms with Crippen LogP contribution in [-0.2, 0) is 4.79 Å². The van der Waals surface area contributed by atoms with E-state index >= 15 is 0 Å². The maximum atomic E-state index is 11.8. The zero-order chi connectivity index (χ0) is 13.3. The van der Waals surface area contributed by atoms with E-state index < -0.39 is 5.60 Å². The molecule has 1 rings (SSSR count). The van der Waals surface area contributed by atoms with Crippen LogP contribution >= 0.6 is 0 Å². The van der Waals surface area contributed by atoms with Crippen LogP contribution in [0.4, 0.5) is 0 Å². The fourth-order valence-corrected chi connectivity index (χ4v) is 2.54. The van der Waals surface area contributed by atoms with Crippen molar-refractivity contribution in [2.45, 2.75) is 83.2 Å². The van der Waals surface area contributed by atoms with Gasteiger partial charge >= 0.3 is 0 Å². The van der Waals surface area contributed by atoms with Gasteiger partial charge in [-0.1, -0.05) is 31.4 Å². The first-order valence-corrected chi connectivity index (χ1v) is 7.49. The van der Waals surface area contributed by atoms with E-state index in [1.54, 1.807) is 0 Å². The highest BCUT2D eigenvalue weighted by Crippen LogP contribution is 2.21. The average Bonchev–Trinajstić information content (AvgIpc) is 2.29. The van der Waals surface area contributed by atoms with Crippen LogP contribution in [0.3, 0.4) is 0 Å². The highest BCUT2D eigenvalue weighted by Gasteiger charge is 2.23. The van der Waals surface area contributed by atoms with Crippen LogP contribution < -0.4 is 0 Å². The van der Waals surface area contributed by atoms with Gasteiger partial charge in [-0.15, -0.1) is 0 Å². The molecule has 1 N–H and O–H groups in total. The molecule has 104 valence electrons. The lowest BCUT2D eigenvalue weighted by Crippen LogP contribution is -2.27. The van der Waals surface area contributed by atoms with Crippen LogP contribution in [0.15, 0.2) is 12.2 Å². The number of carbonyl (C=O) groups is 1. The minimum absolute atomic E-state index is 0.227. The largest absolute Gasteiger partial charge is 0.390 e. The highest BCUT2D eigenvalue weighted by molar-refractivity contribution is 5.79. The van der Waals surface area contributed by atoms with E-state index in [0.29, 0.717) is 12.8 Å². The molecule has 0 aromatic rings. The van der Waals surface area contributed by atoms with E-state index in [2.05, 4.69) is 12.2 Å². The van der Waals surface area contributed by atoms with Gasteiger partial charge in [0.1, 0.15) is 5.78 Å². The second-order valence-electron chi connectivity index (χ2n) is 5.88. The lowest BCUT2D eigenvalue weighted by Gasteiger charge is -2.22. The molecule has 1 atom stereocenters. The van der Waals surface area contributed by atoms with Crippen molar-refractivity contribution in [3.8, 4) is 0 Å². The van der Waals surface area contributed by atoms with E-state index in [-0.39, 0.29) is 5.78 Å². The summed E-state index contributed by atoms with van der Waals surface area (Å²) in [4.78, 5) is 11.8. The van der Waals surface area contributed by atoms with Crippen LogP contribution in [0, 0.1) is 0 Å². The second-order valence-corrected chi connectivity index (χ2v) is 5.88. The Labute approximate surface area is 111 Å². The van der Waals surface area contributed by atoms with Gasteiger partial charge in [-0.05, 0) is 45.4 Å². The quantitative estimate of drug-likeness (QED) is 0.657. The molecular formula is C16H28O2. The lowest BCUT2D eigenvalue weighted by molar-refractivity contribution is -0.123. The van der Waals surface area contributed by atoms with E-state index in [4.69, 9.17) is 0 Å². The van der Waals surface area contributed by atoms with Gasteiger partial charge in [-0.2, -0.15) is 0 Å². The molecule has 0 bridgehead atoms. The zero-order valence-corrected chi connectivity index (χ0v) is 11.8. The Balaban J connectivity index is 2.41. The van der Waals surface area contributed by atoms with Crippen LogP contribution in [0.1, 0.15) is 77.6 Å². The predicted molar refractivity (Wildman–Crippen MR) is 75.6 cm³/mol. The number of aliphatic hydroxyl groups is 1. The van der Waals surface area contributed by atoms with Crippen molar-refractivity contribution in [2.24, 2.45) is 0 Å². The summed E-state index contributed by atoms with van der Waals surface area (Å²) in [6.45, 7) is 1.81. The first kappa shape index (κ1) is 15.4. The fraction of sp³-hybridized carbons (Fsp3) is 0.812. The highest BCUT2D eigenvalue weighted by atomic mass is 16.3. The van der Waals surface area contributed by atoms with Gasteiger partial charge in [-0.3, -0.25) is 4.79 Å². The number of carbonyl (C=O) groups excluding carboxylic acids is 1. The van der Waals surface area contributed by atoms with Gasteiger partial charge in [0, 0.05) is 12.8 Å². The van der Waals surface area contributed by atoms with Crippen LogP contribution in [0.2, 0.25) is 0 Å². The molecule has 0 amide bonds. The molecule has 18 heavy (non-hydrogen) atoms. The minimum atomic E-state index is -0.785. The fourth-order valence-electron chi connectivity index (χ4n) is 2.54. The molecule has 0 fully saturated rings. The van der Waals surface area contributed by atoms with Crippen LogP contribution in [-0.4, -0.2) is 16.5 Å². The molecule has 0 aromatic heterocycles. The van der Waals surface area contributed by atoms with Crippen molar-refractivity contribution in [1.82, 2.24) is 0 Å². The van der Waals surface area contributed by atoms with E-state index in [9.17, 15) is 9.90 Å². The van der Waals surface area contributed by atoms with Crippen molar-refractivity contribution >= 4 is 5.78 Å². The Morgan fingerprint density at radius 2 is 1.61 bits per heavy atom. The van der Waals surface area contributed by atoms with Crippen molar-refractivity contribution in [3.63, 3.8) is 0 Å². The molecule has 0 aliphatic heterocycles. The molecule has 0 heterocycles. The number of ketones is 1. The second kappa shape index (κ2) is 8.47. The molecule has 1 aliphatic rings. The summed E-state index contributed by atoms with van der Waals surface area (Å²) in [5.74, 6) is 0.227. The molecule has 0 saturated heterocycles. The van der Waals surface area contributed by atoms with Gasteiger partial charge < -0.3 is 5.11 Å². The summed E-state index contributed by atoms with van der Waals surface area (Å²) in [7, 11) is 0. The summed E-state index contributed by atoms with van der Waals surface area (Å²) < 4.78 is 0. The van der Waals surface area contributed by atoms with Crippen molar-refractivity contribution in [3.05, 3.63) is 12.2 Å². The molecule has 0 radical (unpaired) electrons. The number of rotatable bonds is 0. The van der Waals surface area contributed by atoms with Gasteiger partial charge in [-0.25, -0.2) is 0 Å². The molecule has 0 spiro atoms. The summed E-state index contributed by atoms with van der Waals surface area (Å²) in [6, 6.07) is 0. The average molecular weight is 252 g/mol. The zero-order valence-electron chi connectivity index (χ0n) is 11.8. The third kappa shape index (κ3) is 7.65. The van der Waals surface area contributed by atoms with E-state index in [1.807, 2.05) is 6.92 Å². The number of hydrogen-bond donors (Lipinski definition) is 1. The predicted octanol–water partition coefficient (Wildman–Crippen LogP) is 4.17. The number of Topliss-reactive ketones (excluding diaryl/α,β-unsaturated/α-hetero) is 1. The van der Waals surface area contributed by atoms with Gasteiger partial charge in [0.2, 0.25) is 0 Å². The molecule has 0 saturated carbocycles. The summed E-state index contributed by atoms with van der Waals surface area (Å²) in [6.07, 6.45) is 15.2. The SMILES string of the molecule is CC1(O)CCCCC/C=C\CCCCCC(=O)C1.